The minimum atomic E-state index is -0.677. The predicted molar refractivity (Wildman–Crippen MR) is 61.3 cm³/mol. The van der Waals surface area contributed by atoms with E-state index in [-0.39, 0.29) is 0 Å². The number of benzene rings is 1. The number of nitrogens with one attached hydrogen (secondary N) is 1. The normalized spacial score (nSPS) is 12.6. The van der Waals surface area contributed by atoms with E-state index < -0.39 is 5.92 Å². The fourth-order valence-electron chi connectivity index (χ4n) is 1.31. The van der Waals surface area contributed by atoms with Crippen LogP contribution < -0.4 is 11.1 Å². The summed E-state index contributed by atoms with van der Waals surface area (Å²) < 4.78 is 0. The highest BCUT2D eigenvalue weighted by Gasteiger charge is 2.18. The maximum absolute atomic E-state index is 10.4. The van der Waals surface area contributed by atoms with Gasteiger partial charge in [0.25, 0.3) is 0 Å². The van der Waals surface area contributed by atoms with E-state index in [1.165, 1.54) is 6.20 Å². The third-order valence-corrected chi connectivity index (χ3v) is 2.41. The average Bonchev–Trinajstić information content (AvgIpc) is 2.31. The molecule has 0 saturated heterocycles. The second-order valence-electron chi connectivity index (χ2n) is 2.97. The molecule has 1 amide bonds. The van der Waals surface area contributed by atoms with E-state index in [4.69, 9.17) is 22.6 Å². The Morgan fingerprint density at radius 1 is 1.56 bits per heavy atom. The lowest BCUT2D eigenvalue weighted by Crippen LogP contribution is -2.18. The quantitative estimate of drug-likeness (QED) is 0.776. The molecule has 0 aliphatic carbocycles. The number of hydrogen-bond acceptors (Lipinski definition) is 3. The molecule has 1 rings (SSSR count). The number of nitrogens with zero attached hydrogens (tertiary/aromatic N) is 1. The standard InChI is InChI=1S/C11H10ClN3O/c12-10-4-2-1-3-8(10)9(5-13)11(6-14)15-7-16/h1-4,6-7,9H,14H2,(H,15,16). The van der Waals surface area contributed by atoms with Gasteiger partial charge in [0, 0.05) is 11.2 Å². The molecule has 0 aromatic heterocycles. The van der Waals surface area contributed by atoms with E-state index in [1.54, 1.807) is 24.3 Å². The molecule has 0 saturated carbocycles. The van der Waals surface area contributed by atoms with Crippen LogP contribution in [0.25, 0.3) is 0 Å². The van der Waals surface area contributed by atoms with Crippen LogP contribution in [0.5, 0.6) is 0 Å². The van der Waals surface area contributed by atoms with Crippen LogP contribution in [-0.4, -0.2) is 6.41 Å². The van der Waals surface area contributed by atoms with Crippen molar-refractivity contribution >= 4 is 18.0 Å². The summed E-state index contributed by atoms with van der Waals surface area (Å²) >= 11 is 5.96. The predicted octanol–water partition coefficient (Wildman–Crippen LogP) is 1.49. The number of hydrogen-bond donors (Lipinski definition) is 2. The molecule has 0 heterocycles. The van der Waals surface area contributed by atoms with Gasteiger partial charge in [-0.05, 0) is 11.6 Å². The molecule has 16 heavy (non-hydrogen) atoms. The Labute approximate surface area is 98.3 Å². The molecule has 0 radical (unpaired) electrons. The average molecular weight is 236 g/mol. The van der Waals surface area contributed by atoms with Gasteiger partial charge in [0.1, 0.15) is 5.92 Å². The van der Waals surface area contributed by atoms with Gasteiger partial charge in [0.15, 0.2) is 0 Å². The van der Waals surface area contributed by atoms with Crippen molar-refractivity contribution in [1.82, 2.24) is 5.32 Å². The lowest BCUT2D eigenvalue weighted by molar-refractivity contribution is -0.109. The van der Waals surface area contributed by atoms with Gasteiger partial charge >= 0.3 is 0 Å². The summed E-state index contributed by atoms with van der Waals surface area (Å²) in [6, 6.07) is 8.96. The first-order valence-corrected chi connectivity index (χ1v) is 4.88. The first-order valence-electron chi connectivity index (χ1n) is 4.50. The Morgan fingerprint density at radius 3 is 2.75 bits per heavy atom. The summed E-state index contributed by atoms with van der Waals surface area (Å²) in [5, 5.41) is 11.9. The van der Waals surface area contributed by atoms with Crippen LogP contribution in [0.4, 0.5) is 0 Å². The van der Waals surface area contributed by atoms with Crippen molar-refractivity contribution < 1.29 is 4.79 Å². The summed E-state index contributed by atoms with van der Waals surface area (Å²) in [4.78, 5) is 10.4. The molecule has 0 aliphatic heterocycles. The van der Waals surface area contributed by atoms with Gasteiger partial charge < -0.3 is 11.1 Å². The maximum Gasteiger partial charge on any atom is 0.211 e. The molecule has 0 spiro atoms. The third kappa shape index (κ3) is 2.53. The third-order valence-electron chi connectivity index (χ3n) is 2.06. The number of nitriles is 1. The van der Waals surface area contributed by atoms with E-state index >= 15 is 0 Å². The molecular weight excluding hydrogens is 226 g/mol. The molecule has 1 atom stereocenters. The summed E-state index contributed by atoms with van der Waals surface area (Å²) in [6.45, 7) is 0. The van der Waals surface area contributed by atoms with Crippen LogP contribution in [0.2, 0.25) is 5.02 Å². The van der Waals surface area contributed by atoms with E-state index in [1.807, 2.05) is 6.07 Å². The van der Waals surface area contributed by atoms with Crippen LogP contribution in [-0.2, 0) is 4.79 Å². The van der Waals surface area contributed by atoms with Crippen LogP contribution in [0.3, 0.4) is 0 Å². The highest BCUT2D eigenvalue weighted by molar-refractivity contribution is 6.31. The molecule has 5 heteroatoms. The summed E-state index contributed by atoms with van der Waals surface area (Å²) in [7, 11) is 0. The molecule has 0 fully saturated rings. The van der Waals surface area contributed by atoms with Crippen LogP contribution >= 0.6 is 11.6 Å². The molecule has 1 aromatic rings. The Morgan fingerprint density at radius 2 is 2.25 bits per heavy atom. The first kappa shape index (κ1) is 12.1. The molecule has 3 N–H and O–H groups in total. The SMILES string of the molecule is N#CC(C(=CN)NC=O)c1ccccc1Cl. The fourth-order valence-corrected chi connectivity index (χ4v) is 1.56. The summed E-state index contributed by atoms with van der Waals surface area (Å²) in [5.41, 5.74) is 6.26. The summed E-state index contributed by atoms with van der Waals surface area (Å²) in [5.74, 6) is -0.677. The zero-order chi connectivity index (χ0) is 12.0. The number of amides is 1. The highest BCUT2D eigenvalue weighted by atomic mass is 35.5. The van der Waals surface area contributed by atoms with Gasteiger partial charge in [-0.3, -0.25) is 4.79 Å². The van der Waals surface area contributed by atoms with Crippen LogP contribution in [0.15, 0.2) is 36.2 Å². The summed E-state index contributed by atoms with van der Waals surface area (Å²) in [6.07, 6.45) is 1.66. The van der Waals surface area contributed by atoms with Crippen molar-refractivity contribution in [2.24, 2.45) is 5.73 Å². The lowest BCUT2D eigenvalue weighted by atomic mass is 9.97. The second-order valence-corrected chi connectivity index (χ2v) is 3.38. The number of carbonyl (C=O) groups is 1. The smallest absolute Gasteiger partial charge is 0.211 e. The van der Waals surface area contributed by atoms with Crippen molar-refractivity contribution in [2.75, 3.05) is 0 Å². The molecule has 82 valence electrons. The minimum absolute atomic E-state index is 0.311. The van der Waals surface area contributed by atoms with Gasteiger partial charge in [-0.1, -0.05) is 29.8 Å². The molecule has 0 aliphatic rings. The highest BCUT2D eigenvalue weighted by Crippen LogP contribution is 2.27. The molecule has 0 bridgehead atoms. The van der Waals surface area contributed by atoms with E-state index in [0.717, 1.165) is 0 Å². The van der Waals surface area contributed by atoms with Crippen molar-refractivity contribution in [1.29, 1.82) is 5.26 Å². The number of nitrogens with two attached hydrogens (primary N) is 1. The van der Waals surface area contributed by atoms with Crippen molar-refractivity contribution in [3.05, 3.63) is 46.7 Å². The van der Waals surface area contributed by atoms with Crippen LogP contribution in [0, 0.1) is 11.3 Å². The number of halogens is 1. The number of rotatable bonds is 4. The Hall–Kier alpha value is -1.99. The maximum atomic E-state index is 10.4. The Balaban J connectivity index is 3.13. The zero-order valence-electron chi connectivity index (χ0n) is 8.35. The number of allylic oxidation sites excluding steroid dienone is 1. The molecule has 4 nitrogen and oxygen atoms in total. The van der Waals surface area contributed by atoms with Crippen LogP contribution in [0.1, 0.15) is 11.5 Å². The van der Waals surface area contributed by atoms with Gasteiger partial charge in [-0.2, -0.15) is 5.26 Å². The largest absolute Gasteiger partial charge is 0.403 e. The fraction of sp³-hybridized carbons (Fsp3) is 0.0909. The lowest BCUT2D eigenvalue weighted by Gasteiger charge is -2.13. The number of carbonyl (C=O) groups excluding carboxylic acids is 1. The van der Waals surface area contributed by atoms with E-state index in [0.29, 0.717) is 22.7 Å². The van der Waals surface area contributed by atoms with E-state index in [2.05, 4.69) is 5.32 Å². The topological polar surface area (TPSA) is 78.9 Å². The molecule has 1 unspecified atom stereocenters. The zero-order valence-corrected chi connectivity index (χ0v) is 9.11. The van der Waals surface area contributed by atoms with Gasteiger partial charge in [0.2, 0.25) is 6.41 Å². The van der Waals surface area contributed by atoms with E-state index in [9.17, 15) is 4.79 Å². The van der Waals surface area contributed by atoms with Crippen molar-refractivity contribution in [2.45, 2.75) is 5.92 Å². The molecular formula is C11H10ClN3O. The first-order chi connectivity index (χ1) is 7.74. The second kappa shape index (κ2) is 5.79. The van der Waals surface area contributed by atoms with Gasteiger partial charge in [-0.25, -0.2) is 0 Å². The van der Waals surface area contributed by atoms with Crippen molar-refractivity contribution in [3.8, 4) is 6.07 Å². The van der Waals surface area contributed by atoms with Gasteiger partial charge in [0.05, 0.1) is 11.8 Å². The minimum Gasteiger partial charge on any atom is -0.403 e. The molecule has 1 aromatic carbocycles. The monoisotopic (exact) mass is 235 g/mol. The van der Waals surface area contributed by atoms with Crippen molar-refractivity contribution in [3.63, 3.8) is 0 Å². The Kier molecular flexibility index (Phi) is 4.37. The van der Waals surface area contributed by atoms with Gasteiger partial charge in [-0.15, -0.1) is 0 Å². The Bertz CT molecular complexity index is 451.